The quantitative estimate of drug-likeness (QED) is 0.545. The van der Waals surface area contributed by atoms with Gasteiger partial charge in [0.2, 0.25) is 0 Å². The summed E-state index contributed by atoms with van der Waals surface area (Å²) in [5, 5.41) is 0. The molecule has 4 nitrogen and oxygen atoms in total. The SMILES string of the molecule is CC(C)CCOP(=O)([O-])[O-]. The standard InChI is InChI=1S/C5H13O4P/c1-5(2)3-4-9-10(6,7)8/h5H,3-4H2,1-2H3,(H2,6,7,8)/p-2. The molecular formula is C5H11O4P-2. The van der Waals surface area contributed by atoms with E-state index in [2.05, 4.69) is 4.52 Å². The lowest BCUT2D eigenvalue weighted by atomic mass is 10.2. The van der Waals surface area contributed by atoms with Crippen LogP contribution >= 0.6 is 7.82 Å². The normalized spacial score (nSPS) is 12.5. The molecule has 62 valence electrons. The first-order chi connectivity index (χ1) is 4.42. The van der Waals surface area contributed by atoms with Crippen LogP contribution in [0.3, 0.4) is 0 Å². The van der Waals surface area contributed by atoms with Crippen molar-refractivity contribution in [1.29, 1.82) is 0 Å². The first-order valence-corrected chi connectivity index (χ1v) is 4.54. The lowest BCUT2D eigenvalue weighted by molar-refractivity contribution is -0.341. The van der Waals surface area contributed by atoms with Gasteiger partial charge in [0.15, 0.2) is 0 Å². The van der Waals surface area contributed by atoms with Crippen molar-refractivity contribution in [3.8, 4) is 0 Å². The van der Waals surface area contributed by atoms with E-state index in [9.17, 15) is 14.4 Å². The Bertz CT molecular complexity index is 128. The van der Waals surface area contributed by atoms with Crippen LogP contribution < -0.4 is 9.79 Å². The average molecular weight is 166 g/mol. The molecule has 0 bridgehead atoms. The van der Waals surface area contributed by atoms with Crippen LogP contribution in [0, 0.1) is 5.92 Å². The minimum absolute atomic E-state index is 0.00193. The fourth-order valence-corrected chi connectivity index (χ4v) is 0.729. The Kier molecular flexibility index (Phi) is 4.13. The van der Waals surface area contributed by atoms with E-state index >= 15 is 0 Å². The predicted octanol–water partition coefficient (Wildman–Crippen LogP) is -0.122. The molecule has 0 N–H and O–H groups in total. The van der Waals surface area contributed by atoms with E-state index in [1.54, 1.807) is 0 Å². The van der Waals surface area contributed by atoms with Crippen molar-refractivity contribution in [2.75, 3.05) is 6.61 Å². The van der Waals surface area contributed by atoms with E-state index in [1.165, 1.54) is 0 Å². The van der Waals surface area contributed by atoms with E-state index in [1.807, 2.05) is 13.8 Å². The maximum absolute atomic E-state index is 9.86. The summed E-state index contributed by atoms with van der Waals surface area (Å²) in [7, 11) is -4.72. The monoisotopic (exact) mass is 166 g/mol. The molecule has 0 rings (SSSR count). The van der Waals surface area contributed by atoms with Crippen LogP contribution in [0.15, 0.2) is 0 Å². The zero-order valence-corrected chi connectivity index (χ0v) is 6.97. The molecule has 10 heavy (non-hydrogen) atoms. The minimum Gasteiger partial charge on any atom is -0.790 e. The molecule has 0 spiro atoms. The van der Waals surface area contributed by atoms with Gasteiger partial charge in [-0.25, -0.2) is 0 Å². The molecular weight excluding hydrogens is 155 g/mol. The molecule has 0 aromatic carbocycles. The largest absolute Gasteiger partial charge is 0.790 e. The minimum atomic E-state index is -4.72. The molecule has 0 saturated carbocycles. The van der Waals surface area contributed by atoms with Crippen molar-refractivity contribution >= 4 is 7.82 Å². The van der Waals surface area contributed by atoms with Gasteiger partial charge >= 0.3 is 0 Å². The van der Waals surface area contributed by atoms with Crippen LogP contribution in [0.4, 0.5) is 0 Å². The van der Waals surface area contributed by atoms with E-state index in [0.717, 1.165) is 0 Å². The second-order valence-electron chi connectivity index (χ2n) is 2.46. The topological polar surface area (TPSA) is 72.4 Å². The number of hydrogen-bond donors (Lipinski definition) is 0. The van der Waals surface area contributed by atoms with Gasteiger partial charge in [-0.3, -0.25) is 0 Å². The van der Waals surface area contributed by atoms with Gasteiger partial charge in [-0.1, -0.05) is 13.8 Å². The molecule has 0 aliphatic heterocycles. The van der Waals surface area contributed by atoms with Crippen LogP contribution in [-0.2, 0) is 9.09 Å². The highest BCUT2D eigenvalue weighted by Gasteiger charge is 1.94. The third-order valence-corrected chi connectivity index (χ3v) is 1.44. The molecule has 0 aromatic heterocycles. The first-order valence-electron chi connectivity index (χ1n) is 3.08. The third-order valence-electron chi connectivity index (χ3n) is 0.945. The molecule has 0 amide bonds. The lowest BCUT2D eigenvalue weighted by Crippen LogP contribution is -2.17. The van der Waals surface area contributed by atoms with Gasteiger partial charge in [-0.2, -0.15) is 0 Å². The third kappa shape index (κ3) is 8.11. The Labute approximate surface area is 60.5 Å². The van der Waals surface area contributed by atoms with Crippen molar-refractivity contribution < 1.29 is 18.9 Å². The molecule has 0 radical (unpaired) electrons. The van der Waals surface area contributed by atoms with E-state index in [0.29, 0.717) is 12.3 Å². The molecule has 0 aromatic rings. The second-order valence-corrected chi connectivity index (χ2v) is 3.62. The molecule has 5 heteroatoms. The van der Waals surface area contributed by atoms with Crippen molar-refractivity contribution in [2.45, 2.75) is 20.3 Å². The van der Waals surface area contributed by atoms with Crippen LogP contribution in [0.5, 0.6) is 0 Å². The number of phosphoric acid groups is 1. The Hall–Kier alpha value is 0.110. The molecule has 0 unspecified atom stereocenters. The maximum atomic E-state index is 9.86. The fraction of sp³-hybridized carbons (Fsp3) is 1.00. The summed E-state index contributed by atoms with van der Waals surface area (Å²) in [6, 6.07) is 0. The molecule has 0 aliphatic rings. The van der Waals surface area contributed by atoms with Crippen LogP contribution in [0.25, 0.3) is 0 Å². The lowest BCUT2D eigenvalue weighted by Gasteiger charge is -2.28. The predicted molar refractivity (Wildman–Crippen MR) is 33.0 cm³/mol. The highest BCUT2D eigenvalue weighted by Crippen LogP contribution is 2.24. The summed E-state index contributed by atoms with van der Waals surface area (Å²) < 4.78 is 13.8. The summed E-state index contributed by atoms with van der Waals surface area (Å²) in [6.45, 7) is 3.84. The molecule has 0 atom stereocenters. The van der Waals surface area contributed by atoms with Crippen LogP contribution in [0.2, 0.25) is 0 Å². The molecule has 0 aliphatic carbocycles. The van der Waals surface area contributed by atoms with E-state index in [4.69, 9.17) is 0 Å². The van der Waals surface area contributed by atoms with Crippen molar-refractivity contribution in [3.63, 3.8) is 0 Å². The summed E-state index contributed by atoms with van der Waals surface area (Å²) in [5.41, 5.74) is 0. The first kappa shape index (κ1) is 10.1. The Balaban J connectivity index is 3.30. The molecule has 0 heterocycles. The number of rotatable bonds is 4. The van der Waals surface area contributed by atoms with Gasteiger partial charge in [-0.15, -0.1) is 0 Å². The second kappa shape index (κ2) is 4.09. The Morgan fingerprint density at radius 2 is 2.00 bits per heavy atom. The zero-order chi connectivity index (χ0) is 8.20. The Morgan fingerprint density at radius 1 is 1.50 bits per heavy atom. The van der Waals surface area contributed by atoms with Gasteiger partial charge in [0.25, 0.3) is 0 Å². The fourth-order valence-electron chi connectivity index (χ4n) is 0.400. The van der Waals surface area contributed by atoms with E-state index in [-0.39, 0.29) is 6.61 Å². The average Bonchev–Trinajstić information content (AvgIpc) is 1.59. The smallest absolute Gasteiger partial charge is 0.0596 e. The Morgan fingerprint density at radius 3 is 2.30 bits per heavy atom. The van der Waals surface area contributed by atoms with Gasteiger partial charge in [-0.05, 0) is 12.3 Å². The van der Waals surface area contributed by atoms with Gasteiger partial charge in [0, 0.05) is 0 Å². The highest BCUT2D eigenvalue weighted by atomic mass is 31.2. The van der Waals surface area contributed by atoms with Gasteiger partial charge in [0.1, 0.15) is 0 Å². The summed E-state index contributed by atoms with van der Waals surface area (Å²) in [5.74, 6) is 0.353. The highest BCUT2D eigenvalue weighted by molar-refractivity contribution is 7.43. The molecule has 0 saturated heterocycles. The van der Waals surface area contributed by atoms with Gasteiger partial charge in [0.05, 0.1) is 14.4 Å². The molecule has 0 fully saturated rings. The van der Waals surface area contributed by atoms with Crippen molar-refractivity contribution in [3.05, 3.63) is 0 Å². The summed E-state index contributed by atoms with van der Waals surface area (Å²) in [4.78, 5) is 19.7. The van der Waals surface area contributed by atoms with Gasteiger partial charge < -0.3 is 18.9 Å². The maximum Gasteiger partial charge on any atom is 0.0596 e. The number of hydrogen-bond acceptors (Lipinski definition) is 4. The van der Waals surface area contributed by atoms with Crippen LogP contribution in [0.1, 0.15) is 20.3 Å². The zero-order valence-electron chi connectivity index (χ0n) is 6.07. The van der Waals surface area contributed by atoms with E-state index < -0.39 is 7.82 Å². The van der Waals surface area contributed by atoms with Crippen molar-refractivity contribution in [1.82, 2.24) is 0 Å². The number of phosphoric ester groups is 1. The summed E-state index contributed by atoms with van der Waals surface area (Å²) >= 11 is 0. The summed E-state index contributed by atoms with van der Waals surface area (Å²) in [6.07, 6.45) is 0.592. The van der Waals surface area contributed by atoms with Crippen LogP contribution in [-0.4, -0.2) is 6.61 Å². The van der Waals surface area contributed by atoms with Crippen molar-refractivity contribution in [2.24, 2.45) is 5.92 Å².